The van der Waals surface area contributed by atoms with Gasteiger partial charge in [-0.25, -0.2) is 4.79 Å². The fourth-order valence-electron chi connectivity index (χ4n) is 2.71. The number of unbranched alkanes of at least 4 members (excludes halogenated alkanes) is 2. The van der Waals surface area contributed by atoms with Crippen LogP contribution >= 0.6 is 23.2 Å². The fraction of sp³-hybridized carbons (Fsp3) is 0.286. The van der Waals surface area contributed by atoms with Gasteiger partial charge in [0.25, 0.3) is 0 Å². The molecule has 6 nitrogen and oxygen atoms in total. The van der Waals surface area contributed by atoms with Crippen LogP contribution in [0.25, 0.3) is 11.4 Å². The van der Waals surface area contributed by atoms with Gasteiger partial charge in [0.2, 0.25) is 11.7 Å². The molecule has 2 aromatic carbocycles. The van der Waals surface area contributed by atoms with E-state index in [9.17, 15) is 4.79 Å². The highest BCUT2D eigenvalue weighted by atomic mass is 35.5. The first-order chi connectivity index (χ1) is 14.0. The molecular weight excluding hydrogens is 411 g/mol. The van der Waals surface area contributed by atoms with E-state index < -0.39 is 0 Å². The molecule has 0 atom stereocenters. The molecule has 3 aromatic rings. The lowest BCUT2D eigenvalue weighted by Crippen LogP contribution is -2.29. The number of hydrogen-bond acceptors (Lipinski definition) is 4. The number of hydrogen-bond donors (Lipinski definition) is 2. The second-order valence-electron chi connectivity index (χ2n) is 6.70. The van der Waals surface area contributed by atoms with Crippen molar-refractivity contribution in [1.29, 1.82) is 0 Å². The van der Waals surface area contributed by atoms with Crippen molar-refractivity contribution in [3.05, 3.63) is 64.0 Å². The molecule has 1 heterocycles. The van der Waals surface area contributed by atoms with Gasteiger partial charge in [0, 0.05) is 24.2 Å². The van der Waals surface area contributed by atoms with E-state index in [0.29, 0.717) is 40.4 Å². The van der Waals surface area contributed by atoms with Gasteiger partial charge in [-0.2, -0.15) is 4.98 Å². The van der Waals surface area contributed by atoms with Crippen molar-refractivity contribution < 1.29 is 9.32 Å². The van der Waals surface area contributed by atoms with Gasteiger partial charge in [0.15, 0.2) is 0 Å². The van der Waals surface area contributed by atoms with E-state index in [0.717, 1.165) is 24.8 Å². The topological polar surface area (TPSA) is 80.0 Å². The molecule has 0 aliphatic carbocycles. The van der Waals surface area contributed by atoms with E-state index in [-0.39, 0.29) is 6.03 Å². The summed E-state index contributed by atoms with van der Waals surface area (Å²) in [6, 6.07) is 12.7. The molecule has 29 heavy (non-hydrogen) atoms. The monoisotopic (exact) mass is 432 g/mol. The Hall–Kier alpha value is -2.57. The Labute approximate surface area is 179 Å². The predicted molar refractivity (Wildman–Crippen MR) is 116 cm³/mol. The molecule has 8 heteroatoms. The maximum atomic E-state index is 11.9. The number of aromatic nitrogens is 2. The quantitative estimate of drug-likeness (QED) is 0.435. The highest BCUT2D eigenvalue weighted by molar-refractivity contribution is 6.42. The largest absolute Gasteiger partial charge is 0.339 e. The lowest BCUT2D eigenvalue weighted by molar-refractivity contribution is 0.252. The zero-order valence-electron chi connectivity index (χ0n) is 16.0. The lowest BCUT2D eigenvalue weighted by atomic mass is 10.1. The molecule has 3 rings (SSSR count). The Morgan fingerprint density at radius 2 is 1.83 bits per heavy atom. The van der Waals surface area contributed by atoms with E-state index in [2.05, 4.69) is 20.8 Å². The van der Waals surface area contributed by atoms with Crippen LogP contribution in [0.15, 0.2) is 47.0 Å². The molecule has 0 bridgehead atoms. The number of anilines is 1. The number of nitrogens with zero attached hydrogens (tertiary/aromatic N) is 2. The van der Waals surface area contributed by atoms with E-state index >= 15 is 0 Å². The Bertz CT molecular complexity index is 958. The summed E-state index contributed by atoms with van der Waals surface area (Å²) in [4.78, 5) is 16.3. The van der Waals surface area contributed by atoms with Gasteiger partial charge in [0.1, 0.15) is 0 Å². The average Bonchev–Trinajstić information content (AvgIpc) is 3.17. The van der Waals surface area contributed by atoms with Crippen molar-refractivity contribution in [1.82, 2.24) is 15.5 Å². The number of nitrogens with one attached hydrogen (secondary N) is 2. The third kappa shape index (κ3) is 6.48. The molecule has 0 unspecified atom stereocenters. The van der Waals surface area contributed by atoms with Crippen LogP contribution in [0.1, 0.15) is 30.7 Å². The summed E-state index contributed by atoms with van der Waals surface area (Å²) in [7, 11) is 0. The second kappa shape index (κ2) is 10.3. The molecule has 2 N–H and O–H groups in total. The number of benzene rings is 2. The molecule has 0 aliphatic heterocycles. The molecule has 2 amide bonds. The summed E-state index contributed by atoms with van der Waals surface area (Å²) in [6.45, 7) is 2.61. The summed E-state index contributed by atoms with van der Waals surface area (Å²) in [5.74, 6) is 1.24. The molecule has 152 valence electrons. The molecular formula is C21H22Cl2N4O2. The average molecular weight is 433 g/mol. The predicted octanol–water partition coefficient (Wildman–Crippen LogP) is 5.89. The Morgan fingerprint density at radius 3 is 2.59 bits per heavy atom. The number of rotatable bonds is 8. The van der Waals surface area contributed by atoms with Crippen LogP contribution < -0.4 is 10.6 Å². The minimum absolute atomic E-state index is 0.275. The molecule has 1 aromatic heterocycles. The van der Waals surface area contributed by atoms with Crippen LogP contribution in [0.4, 0.5) is 10.5 Å². The van der Waals surface area contributed by atoms with Crippen molar-refractivity contribution >= 4 is 34.9 Å². The van der Waals surface area contributed by atoms with Crippen molar-refractivity contribution in [2.75, 3.05) is 11.9 Å². The number of halogens is 2. The molecule has 0 fully saturated rings. The highest BCUT2D eigenvalue weighted by Crippen LogP contribution is 2.24. The lowest BCUT2D eigenvalue weighted by Gasteiger charge is -2.08. The summed E-state index contributed by atoms with van der Waals surface area (Å²) in [5, 5.41) is 10.4. The maximum Gasteiger partial charge on any atom is 0.319 e. The van der Waals surface area contributed by atoms with Crippen LogP contribution in [0.5, 0.6) is 0 Å². The van der Waals surface area contributed by atoms with Gasteiger partial charge in [-0.1, -0.05) is 64.6 Å². The van der Waals surface area contributed by atoms with Crippen LogP contribution in [-0.4, -0.2) is 22.7 Å². The van der Waals surface area contributed by atoms with Crippen LogP contribution in [0.3, 0.4) is 0 Å². The van der Waals surface area contributed by atoms with Gasteiger partial charge in [-0.15, -0.1) is 0 Å². The van der Waals surface area contributed by atoms with E-state index in [1.807, 2.05) is 31.2 Å². The van der Waals surface area contributed by atoms with E-state index in [4.69, 9.17) is 27.7 Å². The number of aryl methyl sites for hydroxylation is 2. The summed E-state index contributed by atoms with van der Waals surface area (Å²) < 4.78 is 5.32. The van der Waals surface area contributed by atoms with Crippen molar-refractivity contribution in [3.63, 3.8) is 0 Å². The number of amides is 2. The SMILES string of the molecule is Cc1ccc(-c2noc(CCCCCNC(=O)Nc3ccc(Cl)c(Cl)c3)n2)cc1. The van der Waals surface area contributed by atoms with Crippen molar-refractivity contribution in [3.8, 4) is 11.4 Å². The molecule has 0 saturated carbocycles. The van der Waals surface area contributed by atoms with Gasteiger partial charge >= 0.3 is 6.03 Å². The third-order valence-electron chi connectivity index (χ3n) is 4.31. The zero-order chi connectivity index (χ0) is 20.6. The van der Waals surface area contributed by atoms with Crippen molar-refractivity contribution in [2.24, 2.45) is 0 Å². The normalized spacial score (nSPS) is 10.7. The van der Waals surface area contributed by atoms with Crippen molar-refractivity contribution in [2.45, 2.75) is 32.6 Å². The van der Waals surface area contributed by atoms with E-state index in [1.54, 1.807) is 18.2 Å². The molecule has 0 spiro atoms. The van der Waals surface area contributed by atoms with Gasteiger partial charge in [-0.3, -0.25) is 0 Å². The Morgan fingerprint density at radius 1 is 1.03 bits per heavy atom. The minimum atomic E-state index is -0.275. The maximum absolute atomic E-state index is 11.9. The third-order valence-corrected chi connectivity index (χ3v) is 5.05. The second-order valence-corrected chi connectivity index (χ2v) is 7.51. The standard InChI is InChI=1S/C21H22Cl2N4O2/c1-14-6-8-15(9-7-14)20-26-19(29-27-20)5-3-2-4-12-24-21(28)25-16-10-11-17(22)18(23)13-16/h6-11,13H,2-5,12H2,1H3,(H2,24,25,28). The summed E-state index contributed by atoms with van der Waals surface area (Å²) >= 11 is 11.8. The van der Waals surface area contributed by atoms with Crippen LogP contribution in [0, 0.1) is 6.92 Å². The number of urea groups is 1. The van der Waals surface area contributed by atoms with Crippen LogP contribution in [0.2, 0.25) is 10.0 Å². The van der Waals surface area contributed by atoms with Gasteiger partial charge < -0.3 is 15.2 Å². The number of carbonyl (C=O) groups is 1. The molecule has 0 aliphatic rings. The van der Waals surface area contributed by atoms with Gasteiger partial charge in [-0.05, 0) is 38.0 Å². The fourth-order valence-corrected chi connectivity index (χ4v) is 3.00. The molecule has 0 radical (unpaired) electrons. The first-order valence-electron chi connectivity index (χ1n) is 9.41. The minimum Gasteiger partial charge on any atom is -0.339 e. The molecule has 0 saturated heterocycles. The summed E-state index contributed by atoms with van der Waals surface area (Å²) in [6.07, 6.45) is 3.42. The number of carbonyl (C=O) groups excluding carboxylic acids is 1. The summed E-state index contributed by atoms with van der Waals surface area (Å²) in [5.41, 5.74) is 2.73. The zero-order valence-corrected chi connectivity index (χ0v) is 17.6. The smallest absolute Gasteiger partial charge is 0.319 e. The first kappa shape index (κ1) is 21.1. The first-order valence-corrected chi connectivity index (χ1v) is 10.2. The van der Waals surface area contributed by atoms with Crippen LogP contribution in [-0.2, 0) is 6.42 Å². The Kier molecular flexibility index (Phi) is 7.49. The van der Waals surface area contributed by atoms with E-state index in [1.165, 1.54) is 5.56 Å². The Balaban J connectivity index is 1.32. The highest BCUT2D eigenvalue weighted by Gasteiger charge is 2.08. The van der Waals surface area contributed by atoms with Gasteiger partial charge in [0.05, 0.1) is 10.0 Å².